The molecule has 2 rings (SSSR count). The number of phenols is 2. The van der Waals surface area contributed by atoms with Gasteiger partial charge in [-0.05, 0) is 196 Å². The molecule has 0 aliphatic rings. The van der Waals surface area contributed by atoms with E-state index in [2.05, 4.69) is 164 Å². The second-order valence-corrected chi connectivity index (χ2v) is 31.4. The van der Waals surface area contributed by atoms with Crippen molar-refractivity contribution in [1.82, 2.24) is 21.3 Å². The van der Waals surface area contributed by atoms with Crippen LogP contribution in [0.2, 0.25) is 0 Å². The minimum absolute atomic E-state index is 0.0533. The highest BCUT2D eigenvalue weighted by atomic mass is 127. The van der Waals surface area contributed by atoms with Crippen molar-refractivity contribution in [2.75, 3.05) is 13.1 Å². The number of carbonyl (C=O) groups excluding carboxylic acids is 4. The Morgan fingerprint density at radius 1 is 0.330 bits per heavy atom. The highest BCUT2D eigenvalue weighted by molar-refractivity contribution is 14.1. The van der Waals surface area contributed by atoms with Crippen LogP contribution in [0.4, 0.5) is 0 Å². The first-order chi connectivity index (χ1) is 45.8. The molecule has 2 unspecified atom stereocenters. The van der Waals surface area contributed by atoms with E-state index in [1.165, 1.54) is 231 Å². The minimum atomic E-state index is -0.617. The van der Waals surface area contributed by atoms with E-state index in [0.29, 0.717) is 38.8 Å². The highest BCUT2D eigenvalue weighted by Gasteiger charge is 2.24. The molecule has 94 heavy (non-hydrogen) atoms. The molecular weight excluding hydrogens is 1620 g/mol. The molecule has 2 aromatic carbocycles. The Balaban J connectivity index is 0.000000948. The summed E-state index contributed by atoms with van der Waals surface area (Å²) in [5.41, 5.74) is 1.88. The van der Waals surface area contributed by atoms with Crippen molar-refractivity contribution < 1.29 is 29.4 Å². The summed E-state index contributed by atoms with van der Waals surface area (Å²) in [6.45, 7) is 10.3. The Labute approximate surface area is 630 Å². The zero-order valence-corrected chi connectivity index (χ0v) is 68.6. The van der Waals surface area contributed by atoms with Crippen LogP contribution >= 0.6 is 90.4 Å². The van der Waals surface area contributed by atoms with E-state index in [0.717, 1.165) is 102 Å². The lowest BCUT2D eigenvalue weighted by molar-refractivity contribution is -0.129. The van der Waals surface area contributed by atoms with E-state index < -0.39 is 12.1 Å². The minimum Gasteiger partial charge on any atom is -0.506 e. The van der Waals surface area contributed by atoms with E-state index >= 15 is 0 Å². The number of phenolic OH excluding ortho intramolecular Hbond substituents is 2. The first kappa shape index (κ1) is 90.3. The zero-order valence-electron chi connectivity index (χ0n) is 60.0. The number of hydrogen-bond donors (Lipinski definition) is 6. The molecule has 0 spiro atoms. The maximum Gasteiger partial charge on any atom is 0.242 e. The van der Waals surface area contributed by atoms with Crippen LogP contribution in [0.5, 0.6) is 11.5 Å². The second kappa shape index (κ2) is 65.9. The van der Waals surface area contributed by atoms with Crippen molar-refractivity contribution in [2.24, 2.45) is 0 Å². The van der Waals surface area contributed by atoms with Gasteiger partial charge in [-0.25, -0.2) is 0 Å². The monoisotopic (exact) mass is 1760 g/mol. The number of hydrogen-bond acceptors (Lipinski definition) is 6. The molecule has 0 saturated heterocycles. The van der Waals surface area contributed by atoms with E-state index in [9.17, 15) is 29.4 Å². The quantitative estimate of drug-likeness (QED) is 0.0220. The number of nitrogens with one attached hydrogen (secondary N) is 4. The van der Waals surface area contributed by atoms with E-state index in [1.54, 1.807) is 0 Å². The number of aromatic hydroxyl groups is 2. The third-order valence-corrected chi connectivity index (χ3v) is 21.1. The van der Waals surface area contributed by atoms with Gasteiger partial charge in [-0.3, -0.25) is 19.2 Å². The van der Waals surface area contributed by atoms with Gasteiger partial charge in [-0.15, -0.1) is 0 Å². The first-order valence-corrected chi connectivity index (χ1v) is 42.9. The summed E-state index contributed by atoms with van der Waals surface area (Å²) in [4.78, 5) is 52.3. The smallest absolute Gasteiger partial charge is 0.242 e. The van der Waals surface area contributed by atoms with Gasteiger partial charge in [0.1, 0.15) is 23.6 Å². The lowest BCUT2D eigenvalue weighted by Gasteiger charge is -2.19. The van der Waals surface area contributed by atoms with Crippen molar-refractivity contribution in [2.45, 2.75) is 374 Å². The fraction of sp³-hybridized carbons (Fsp3) is 0.750. The molecule has 0 radical (unpaired) electrons. The molecule has 2 atom stereocenters. The Morgan fingerprint density at radius 2 is 0.553 bits per heavy atom. The number of amides is 4. The van der Waals surface area contributed by atoms with Gasteiger partial charge in [0.2, 0.25) is 23.6 Å². The molecule has 0 aliphatic heterocycles. The summed E-state index contributed by atoms with van der Waals surface area (Å²) in [6, 6.07) is 6.37. The maximum atomic E-state index is 13.3. The van der Waals surface area contributed by atoms with E-state index in [1.807, 2.05) is 24.3 Å². The highest BCUT2D eigenvalue weighted by Crippen LogP contribution is 2.30. The molecule has 0 fully saturated rings. The average Bonchev–Trinajstić information content (AvgIpc) is 1.02. The van der Waals surface area contributed by atoms with Gasteiger partial charge in [0.15, 0.2) is 0 Å². The van der Waals surface area contributed by atoms with Gasteiger partial charge >= 0.3 is 0 Å². The average molecular weight is 1760 g/mol. The number of allylic oxidation sites excluding steroid dienone is 4. The predicted octanol–water partition coefficient (Wildman–Crippen LogP) is 24.2. The van der Waals surface area contributed by atoms with E-state index in [-0.39, 0.29) is 35.1 Å². The topological polar surface area (TPSA) is 157 Å². The van der Waals surface area contributed by atoms with Crippen LogP contribution in [-0.4, -0.2) is 59.0 Å². The van der Waals surface area contributed by atoms with Gasteiger partial charge in [-0.2, -0.15) is 0 Å². The van der Waals surface area contributed by atoms with Crippen molar-refractivity contribution in [3.8, 4) is 11.5 Å². The Kier molecular flexibility index (Phi) is 63.3. The molecule has 0 aromatic heterocycles. The number of benzene rings is 2. The Hall–Kier alpha value is -1.68. The van der Waals surface area contributed by atoms with Gasteiger partial charge in [0, 0.05) is 38.8 Å². The lowest BCUT2D eigenvalue weighted by Crippen LogP contribution is -2.48. The fourth-order valence-corrected chi connectivity index (χ4v) is 15.6. The first-order valence-electron chi connectivity index (χ1n) is 38.5. The van der Waals surface area contributed by atoms with Crippen LogP contribution in [-0.2, 0) is 32.0 Å². The van der Waals surface area contributed by atoms with Gasteiger partial charge in [0.25, 0.3) is 0 Å². The molecule has 0 bridgehead atoms. The molecule has 10 nitrogen and oxygen atoms in total. The normalized spacial score (nSPS) is 12.1. The SMILES string of the molecule is CCCC/C=C/CCCCCCCC(=O)NC(Cc1cc(I)c(O)c(I)c1)C(=O)NCCCCCCCCCCCCCC.CCCCCCCC/C=C/CCCCCCCC(=O)NC(Cc1cc(I)c(O)c(I)c1)C(=O)NCCCCCCCCCCCCCCCC. The van der Waals surface area contributed by atoms with Crippen LogP contribution in [0.3, 0.4) is 0 Å². The van der Waals surface area contributed by atoms with E-state index in [4.69, 9.17) is 0 Å². The molecule has 14 heteroatoms. The van der Waals surface area contributed by atoms with Crippen LogP contribution < -0.4 is 21.3 Å². The Bertz CT molecular complexity index is 2200. The second-order valence-electron chi connectivity index (χ2n) is 26.8. The third kappa shape index (κ3) is 53.3. The molecule has 2 aromatic rings. The molecular formula is C80H136I4N4O6. The summed E-state index contributed by atoms with van der Waals surface area (Å²) < 4.78 is 3.02. The maximum absolute atomic E-state index is 13.3. The summed E-state index contributed by atoms with van der Waals surface area (Å²) in [6.07, 6.45) is 71.0. The lowest BCUT2D eigenvalue weighted by atomic mass is 10.0. The number of carbonyl (C=O) groups is 4. The number of halogens is 4. The van der Waals surface area contributed by atoms with Crippen molar-refractivity contribution in [3.63, 3.8) is 0 Å². The number of unbranched alkanes of at least 4 members (excludes halogenated alkanes) is 42. The molecule has 0 saturated carbocycles. The van der Waals surface area contributed by atoms with Gasteiger partial charge < -0.3 is 31.5 Å². The molecule has 6 N–H and O–H groups in total. The van der Waals surface area contributed by atoms with Crippen LogP contribution in [0, 0.1) is 14.3 Å². The molecule has 0 heterocycles. The molecule has 0 aliphatic carbocycles. The van der Waals surface area contributed by atoms with Crippen molar-refractivity contribution >= 4 is 114 Å². The third-order valence-electron chi connectivity index (χ3n) is 17.8. The van der Waals surface area contributed by atoms with Gasteiger partial charge in [0.05, 0.1) is 14.3 Å². The largest absolute Gasteiger partial charge is 0.506 e. The van der Waals surface area contributed by atoms with Crippen molar-refractivity contribution in [3.05, 3.63) is 74.0 Å². The standard InChI is InChI=1S/C43H74I2N2O3.C37H62I2N2O3/c1-3-5-7-9-11-13-15-17-19-20-22-24-26-28-30-32-41(48)47-40(36-37-34-38(44)42(49)39(45)35-37)43(50)46-33-31-29-27-25-23-21-18-16-14-12-10-8-6-4-2;1-3-5-7-9-11-13-15-17-19-21-23-25-27-40-37(44)34(30-31-28-32(38)36(43)33(39)29-31)41-35(42)26-24-22-20-18-16-14-12-10-8-6-4-2/h17,19,34-35,40,49H,3-16,18,20-33,36H2,1-2H3,(H,46,50)(H,47,48);10,12,28-29,34,43H,3-9,11,13-27,30H2,1-2H3,(H,40,44)(H,41,42)/b19-17+;12-10+. The zero-order chi connectivity index (χ0) is 68.8. The molecule has 540 valence electrons. The summed E-state index contributed by atoms with van der Waals surface area (Å²) >= 11 is 8.46. The van der Waals surface area contributed by atoms with Crippen molar-refractivity contribution in [1.29, 1.82) is 0 Å². The summed E-state index contributed by atoms with van der Waals surface area (Å²) in [5.74, 6) is 0.184. The Morgan fingerprint density at radius 3 is 0.819 bits per heavy atom. The van der Waals surface area contributed by atoms with Crippen LogP contribution in [0.15, 0.2) is 48.6 Å². The van der Waals surface area contributed by atoms with Crippen LogP contribution in [0.1, 0.15) is 360 Å². The van der Waals surface area contributed by atoms with Gasteiger partial charge in [-0.1, -0.05) is 290 Å². The van der Waals surface area contributed by atoms with Crippen LogP contribution in [0.25, 0.3) is 0 Å². The predicted molar refractivity (Wildman–Crippen MR) is 436 cm³/mol. The molecule has 4 amide bonds. The summed E-state index contributed by atoms with van der Waals surface area (Å²) in [7, 11) is 0. The number of rotatable bonds is 62. The fourth-order valence-electron chi connectivity index (χ4n) is 11.8. The summed E-state index contributed by atoms with van der Waals surface area (Å²) in [5, 5.41) is 32.6.